The highest BCUT2D eigenvalue weighted by Crippen LogP contribution is 2.36. The van der Waals surface area contributed by atoms with Gasteiger partial charge in [0.15, 0.2) is 6.61 Å². The fourth-order valence-corrected chi connectivity index (χ4v) is 4.29. The third-order valence-corrected chi connectivity index (χ3v) is 5.76. The van der Waals surface area contributed by atoms with Crippen molar-refractivity contribution < 1.29 is 23.9 Å². The van der Waals surface area contributed by atoms with Crippen molar-refractivity contribution in [3.63, 3.8) is 0 Å². The Morgan fingerprint density at radius 3 is 2.34 bits per heavy atom. The summed E-state index contributed by atoms with van der Waals surface area (Å²) >= 11 is 2.59. The molecule has 166 valence electrons. The highest BCUT2D eigenvalue weighted by molar-refractivity contribution is 7.99. The lowest BCUT2D eigenvalue weighted by atomic mass is 10.1. The minimum Gasteiger partial charge on any atom is -0.462 e. The van der Waals surface area contributed by atoms with Crippen LogP contribution in [0.4, 0.5) is 10.7 Å². The summed E-state index contributed by atoms with van der Waals surface area (Å²) in [6, 6.07) is 18.0. The fraction of sp³-hybridized carbons (Fsp3) is 0.174. The van der Waals surface area contributed by atoms with Crippen molar-refractivity contribution in [2.45, 2.75) is 6.92 Å². The zero-order valence-electron chi connectivity index (χ0n) is 17.5. The van der Waals surface area contributed by atoms with Gasteiger partial charge in [0.1, 0.15) is 5.00 Å². The Morgan fingerprint density at radius 2 is 1.62 bits per heavy atom. The lowest BCUT2D eigenvalue weighted by Gasteiger charge is -2.10. The van der Waals surface area contributed by atoms with Crippen LogP contribution in [0.2, 0.25) is 0 Å². The van der Waals surface area contributed by atoms with Gasteiger partial charge in [-0.25, -0.2) is 9.59 Å². The number of carbonyl (C=O) groups is 3. The first-order valence-corrected chi connectivity index (χ1v) is 11.8. The molecule has 0 radical (unpaired) electrons. The van der Waals surface area contributed by atoms with Crippen LogP contribution in [-0.2, 0) is 14.3 Å². The summed E-state index contributed by atoms with van der Waals surface area (Å²) < 4.78 is 13.3. The van der Waals surface area contributed by atoms with Gasteiger partial charge in [0, 0.05) is 11.1 Å². The summed E-state index contributed by atoms with van der Waals surface area (Å²) in [4.78, 5) is 38.1. The van der Waals surface area contributed by atoms with Crippen LogP contribution in [0.25, 0.3) is 10.4 Å². The third-order valence-electron chi connectivity index (χ3n) is 4.23. The molecule has 0 aliphatic heterocycles. The average Bonchev–Trinajstić information content (AvgIpc) is 3.22. The molecule has 0 atom stereocenters. The summed E-state index contributed by atoms with van der Waals surface area (Å²) in [6.45, 7) is 1.43. The predicted octanol–water partition coefficient (Wildman–Crippen LogP) is 5.08. The number of hydrogen-bond acceptors (Lipinski definition) is 8. The minimum absolute atomic E-state index is 0.212. The molecular weight excluding hydrogens is 448 g/mol. The number of nitrogens with one attached hydrogen (secondary N) is 2. The minimum atomic E-state index is -0.626. The largest absolute Gasteiger partial charge is 0.462 e. The van der Waals surface area contributed by atoms with Crippen LogP contribution in [0, 0.1) is 0 Å². The molecule has 1 amide bonds. The Labute approximate surface area is 194 Å². The molecule has 1 heterocycles. The monoisotopic (exact) mass is 470 g/mol. The van der Waals surface area contributed by atoms with Crippen molar-refractivity contribution in [2.75, 3.05) is 29.5 Å². The van der Waals surface area contributed by atoms with Crippen LogP contribution in [0.15, 0.2) is 60.7 Å². The molecule has 3 rings (SSSR count). The van der Waals surface area contributed by atoms with E-state index in [0.29, 0.717) is 16.3 Å². The van der Waals surface area contributed by atoms with E-state index in [2.05, 4.69) is 10.0 Å². The van der Waals surface area contributed by atoms with Crippen molar-refractivity contribution in [1.82, 2.24) is 0 Å². The molecule has 3 aromatic rings. The van der Waals surface area contributed by atoms with E-state index < -0.39 is 24.5 Å². The fourth-order valence-electron chi connectivity index (χ4n) is 2.82. The molecule has 0 aliphatic carbocycles. The number of para-hydroxylation sites is 1. The molecule has 1 aromatic heterocycles. The molecule has 32 heavy (non-hydrogen) atoms. The van der Waals surface area contributed by atoms with Crippen molar-refractivity contribution >= 4 is 51.8 Å². The van der Waals surface area contributed by atoms with Crippen LogP contribution in [0.5, 0.6) is 0 Å². The van der Waals surface area contributed by atoms with Gasteiger partial charge in [0.2, 0.25) is 0 Å². The van der Waals surface area contributed by atoms with E-state index in [9.17, 15) is 14.4 Å². The quantitative estimate of drug-likeness (QED) is 0.333. The van der Waals surface area contributed by atoms with E-state index >= 15 is 0 Å². The number of carbonyl (C=O) groups excluding carboxylic acids is 3. The highest BCUT2D eigenvalue weighted by atomic mass is 32.2. The molecule has 2 aromatic carbocycles. The second-order valence-corrected chi connectivity index (χ2v) is 8.08. The Hall–Kier alpha value is -3.30. The zero-order valence-corrected chi connectivity index (χ0v) is 19.2. The predicted molar refractivity (Wildman–Crippen MR) is 128 cm³/mol. The summed E-state index contributed by atoms with van der Waals surface area (Å²) in [5, 5.41) is 3.01. The molecule has 9 heteroatoms. The molecule has 0 saturated carbocycles. The Kier molecular flexibility index (Phi) is 8.29. The molecule has 0 unspecified atom stereocenters. The van der Waals surface area contributed by atoms with Gasteiger partial charge in [0.05, 0.1) is 23.4 Å². The smallest absolute Gasteiger partial charge is 0.341 e. The number of hydrogen-bond donors (Lipinski definition) is 2. The molecule has 7 nitrogen and oxygen atoms in total. The van der Waals surface area contributed by atoms with Crippen LogP contribution in [-0.4, -0.2) is 37.3 Å². The van der Waals surface area contributed by atoms with Crippen molar-refractivity contribution in [2.24, 2.45) is 0 Å². The Morgan fingerprint density at radius 1 is 0.938 bits per heavy atom. The maximum atomic E-state index is 12.5. The molecule has 2 N–H and O–H groups in total. The van der Waals surface area contributed by atoms with E-state index in [-0.39, 0.29) is 12.2 Å². The Balaban J connectivity index is 1.72. The van der Waals surface area contributed by atoms with Crippen molar-refractivity contribution in [3.8, 4) is 10.4 Å². The van der Waals surface area contributed by atoms with E-state index in [1.54, 1.807) is 37.3 Å². The highest BCUT2D eigenvalue weighted by Gasteiger charge is 2.21. The maximum Gasteiger partial charge on any atom is 0.341 e. The van der Waals surface area contributed by atoms with Gasteiger partial charge >= 0.3 is 11.9 Å². The molecular formula is C23H22N2O5S2. The van der Waals surface area contributed by atoms with Gasteiger partial charge in [-0.05, 0) is 30.7 Å². The summed E-state index contributed by atoms with van der Waals surface area (Å²) in [7, 11) is 0. The van der Waals surface area contributed by atoms with Gasteiger partial charge < -0.3 is 19.5 Å². The number of thiophene rings is 1. The molecule has 0 spiro atoms. The van der Waals surface area contributed by atoms with Crippen LogP contribution in [0.1, 0.15) is 27.6 Å². The van der Waals surface area contributed by atoms with E-state index in [4.69, 9.17) is 9.47 Å². The number of ether oxygens (including phenoxy) is 2. The van der Waals surface area contributed by atoms with Gasteiger partial charge in [-0.1, -0.05) is 54.4 Å². The number of amides is 1. The molecule has 0 saturated heterocycles. The van der Waals surface area contributed by atoms with E-state index in [0.717, 1.165) is 10.4 Å². The van der Waals surface area contributed by atoms with Crippen LogP contribution < -0.4 is 10.0 Å². The van der Waals surface area contributed by atoms with E-state index in [1.165, 1.54) is 23.3 Å². The second kappa shape index (κ2) is 11.4. The van der Waals surface area contributed by atoms with E-state index in [1.807, 2.05) is 36.6 Å². The molecule has 0 bridgehead atoms. The van der Waals surface area contributed by atoms with Crippen LogP contribution in [0.3, 0.4) is 0 Å². The summed E-state index contributed by atoms with van der Waals surface area (Å²) in [5.41, 5.74) is 2.09. The lowest BCUT2D eigenvalue weighted by Crippen LogP contribution is -2.22. The van der Waals surface area contributed by atoms with Crippen molar-refractivity contribution in [3.05, 3.63) is 71.8 Å². The normalized spacial score (nSPS) is 10.3. The summed E-state index contributed by atoms with van der Waals surface area (Å²) in [6.07, 6.45) is 1.83. The molecule has 0 fully saturated rings. The maximum absolute atomic E-state index is 12.5. The second-order valence-electron chi connectivity index (χ2n) is 6.42. The first-order valence-electron chi connectivity index (χ1n) is 9.74. The van der Waals surface area contributed by atoms with Crippen molar-refractivity contribution in [1.29, 1.82) is 0 Å². The van der Waals surface area contributed by atoms with Gasteiger partial charge in [-0.2, -0.15) is 0 Å². The average molecular weight is 471 g/mol. The number of benzene rings is 2. The van der Waals surface area contributed by atoms with Gasteiger partial charge in [0.25, 0.3) is 5.91 Å². The third kappa shape index (κ3) is 5.89. The standard InChI is InChI=1S/C23H22N2O5S2/c1-3-29-23(28)17-13-19(15-9-5-4-6-10-15)32-21(17)24-20(26)14-30-22(27)16-11-7-8-12-18(16)25-31-2/h4-13,25H,3,14H2,1-2H3,(H,24,26). The molecule has 0 aliphatic rings. The number of anilines is 2. The van der Waals surface area contributed by atoms with Gasteiger partial charge in [-0.3, -0.25) is 4.79 Å². The number of esters is 2. The SMILES string of the molecule is CCOC(=O)c1cc(-c2ccccc2)sc1NC(=O)COC(=O)c1ccccc1NSC. The first-order chi connectivity index (χ1) is 15.5. The first kappa shape index (κ1) is 23.4. The topological polar surface area (TPSA) is 93.7 Å². The summed E-state index contributed by atoms with van der Waals surface area (Å²) in [5.74, 6) is -1.71. The number of rotatable bonds is 9. The van der Waals surface area contributed by atoms with Gasteiger partial charge in [-0.15, -0.1) is 11.3 Å². The van der Waals surface area contributed by atoms with Crippen LogP contribution >= 0.6 is 23.3 Å². The Bertz CT molecular complexity index is 1100. The zero-order chi connectivity index (χ0) is 22.9. The lowest BCUT2D eigenvalue weighted by molar-refractivity contribution is -0.119.